The minimum atomic E-state index is -0.687. The van der Waals surface area contributed by atoms with E-state index in [0.717, 1.165) is 0 Å². The first-order valence-electron chi connectivity index (χ1n) is 6.06. The predicted molar refractivity (Wildman–Crippen MR) is 73.8 cm³/mol. The van der Waals surface area contributed by atoms with E-state index in [1.165, 1.54) is 6.21 Å². The fourth-order valence-corrected chi connectivity index (χ4v) is 1.45. The maximum atomic E-state index is 11.5. The Bertz CT molecular complexity index is 749. The highest BCUT2D eigenvalue weighted by Gasteiger charge is 2.06. The Kier molecular flexibility index (Phi) is 4.70. The molecule has 0 saturated heterocycles. The van der Waals surface area contributed by atoms with Gasteiger partial charge in [-0.1, -0.05) is 6.07 Å². The van der Waals surface area contributed by atoms with Gasteiger partial charge in [-0.15, -0.1) is 0 Å². The Morgan fingerprint density at radius 2 is 2.24 bits per heavy atom. The van der Waals surface area contributed by atoms with Crippen molar-refractivity contribution in [2.24, 2.45) is 5.10 Å². The molecule has 2 heterocycles. The predicted octanol–water partition coefficient (Wildman–Crippen LogP) is -1.06. The van der Waals surface area contributed by atoms with Gasteiger partial charge >= 0.3 is 5.69 Å². The van der Waals surface area contributed by atoms with E-state index in [1.54, 1.807) is 24.4 Å². The van der Waals surface area contributed by atoms with Crippen LogP contribution in [0.3, 0.4) is 0 Å². The van der Waals surface area contributed by atoms with Crippen molar-refractivity contribution in [1.29, 1.82) is 0 Å². The number of hydrogen-bond acceptors (Lipinski definition) is 6. The molecule has 0 atom stereocenters. The third kappa shape index (κ3) is 4.49. The molecule has 9 heteroatoms. The SMILES string of the molecule is O=C(CCc1n[nH]c(=O)[nH]c1=O)NN=Cc1ccccn1. The highest BCUT2D eigenvalue weighted by molar-refractivity contribution is 5.80. The van der Waals surface area contributed by atoms with E-state index < -0.39 is 11.2 Å². The summed E-state index contributed by atoms with van der Waals surface area (Å²) in [7, 11) is 0. The molecule has 0 aromatic carbocycles. The van der Waals surface area contributed by atoms with Gasteiger partial charge in [-0.25, -0.2) is 15.3 Å². The molecular formula is C12H12N6O3. The molecule has 0 fully saturated rings. The van der Waals surface area contributed by atoms with Gasteiger partial charge in [-0.3, -0.25) is 19.6 Å². The number of carbonyl (C=O) groups is 1. The number of rotatable bonds is 5. The molecule has 2 aromatic rings. The Balaban J connectivity index is 1.84. The first kappa shape index (κ1) is 14.3. The van der Waals surface area contributed by atoms with Gasteiger partial charge in [0.2, 0.25) is 5.91 Å². The van der Waals surface area contributed by atoms with E-state index in [0.29, 0.717) is 5.69 Å². The number of amides is 1. The Labute approximate surface area is 118 Å². The van der Waals surface area contributed by atoms with E-state index in [-0.39, 0.29) is 24.4 Å². The summed E-state index contributed by atoms with van der Waals surface area (Å²) in [6, 6.07) is 5.30. The molecule has 1 amide bonds. The second-order valence-corrected chi connectivity index (χ2v) is 4.00. The minimum Gasteiger partial charge on any atom is -0.273 e. The smallest absolute Gasteiger partial charge is 0.273 e. The van der Waals surface area contributed by atoms with Crippen LogP contribution in [0.2, 0.25) is 0 Å². The fraction of sp³-hybridized carbons (Fsp3) is 0.167. The first-order valence-corrected chi connectivity index (χ1v) is 6.06. The zero-order valence-corrected chi connectivity index (χ0v) is 10.9. The van der Waals surface area contributed by atoms with Gasteiger partial charge in [-0.2, -0.15) is 10.2 Å². The van der Waals surface area contributed by atoms with Crippen LogP contribution in [0.5, 0.6) is 0 Å². The average Bonchev–Trinajstić information content (AvgIpc) is 2.47. The van der Waals surface area contributed by atoms with Crippen molar-refractivity contribution in [2.45, 2.75) is 12.8 Å². The van der Waals surface area contributed by atoms with Crippen LogP contribution in [-0.2, 0) is 11.2 Å². The molecule has 0 aliphatic heterocycles. The van der Waals surface area contributed by atoms with Crippen LogP contribution in [0.15, 0.2) is 39.1 Å². The lowest BCUT2D eigenvalue weighted by atomic mass is 10.2. The van der Waals surface area contributed by atoms with E-state index in [9.17, 15) is 14.4 Å². The Morgan fingerprint density at radius 1 is 1.38 bits per heavy atom. The van der Waals surface area contributed by atoms with Gasteiger partial charge in [0.15, 0.2) is 0 Å². The zero-order valence-electron chi connectivity index (χ0n) is 10.9. The highest BCUT2D eigenvalue weighted by Crippen LogP contribution is 1.91. The minimum absolute atomic E-state index is 0.0156. The summed E-state index contributed by atoms with van der Waals surface area (Å²) in [6.07, 6.45) is 3.12. The Morgan fingerprint density at radius 3 is 2.95 bits per heavy atom. The molecule has 9 nitrogen and oxygen atoms in total. The molecule has 2 rings (SSSR count). The number of carbonyl (C=O) groups excluding carboxylic acids is 1. The van der Waals surface area contributed by atoms with Gasteiger partial charge in [0.1, 0.15) is 5.69 Å². The van der Waals surface area contributed by atoms with Crippen molar-refractivity contribution in [3.05, 3.63) is 56.6 Å². The third-order valence-corrected chi connectivity index (χ3v) is 2.44. The maximum Gasteiger partial charge on any atom is 0.342 e. The number of nitrogens with zero attached hydrogens (tertiary/aromatic N) is 3. The van der Waals surface area contributed by atoms with Gasteiger partial charge < -0.3 is 0 Å². The lowest BCUT2D eigenvalue weighted by molar-refractivity contribution is -0.121. The first-order chi connectivity index (χ1) is 10.1. The summed E-state index contributed by atoms with van der Waals surface area (Å²) in [5.41, 5.74) is 1.71. The maximum absolute atomic E-state index is 11.5. The molecule has 108 valence electrons. The molecule has 0 aliphatic rings. The van der Waals surface area contributed by atoms with Crippen LogP contribution in [0, 0.1) is 0 Å². The number of pyridine rings is 1. The van der Waals surface area contributed by atoms with Crippen LogP contribution >= 0.6 is 0 Å². The number of H-pyrrole nitrogens is 2. The second kappa shape index (κ2) is 6.89. The van der Waals surface area contributed by atoms with Crippen LogP contribution in [0.4, 0.5) is 0 Å². The summed E-state index contributed by atoms with van der Waals surface area (Å²) in [6.45, 7) is 0. The lowest BCUT2D eigenvalue weighted by Crippen LogP contribution is -2.28. The van der Waals surface area contributed by atoms with Crippen molar-refractivity contribution in [3.63, 3.8) is 0 Å². The third-order valence-electron chi connectivity index (χ3n) is 2.44. The number of hydrogen-bond donors (Lipinski definition) is 3. The van der Waals surface area contributed by atoms with Crippen molar-refractivity contribution in [1.82, 2.24) is 25.6 Å². The zero-order chi connectivity index (χ0) is 15.1. The average molecular weight is 288 g/mol. The van der Waals surface area contributed by atoms with Crippen LogP contribution in [0.25, 0.3) is 0 Å². The lowest BCUT2D eigenvalue weighted by Gasteiger charge is -1.98. The summed E-state index contributed by atoms with van der Waals surface area (Å²) in [4.78, 5) is 39.7. The van der Waals surface area contributed by atoms with Crippen LogP contribution in [-0.4, -0.2) is 32.3 Å². The molecule has 0 bridgehead atoms. The monoisotopic (exact) mass is 288 g/mol. The van der Waals surface area contributed by atoms with Crippen molar-refractivity contribution < 1.29 is 4.79 Å². The topological polar surface area (TPSA) is 133 Å². The van der Waals surface area contributed by atoms with E-state index in [2.05, 4.69) is 25.7 Å². The molecule has 0 saturated carbocycles. The van der Waals surface area contributed by atoms with Crippen molar-refractivity contribution in [3.8, 4) is 0 Å². The van der Waals surface area contributed by atoms with Crippen LogP contribution < -0.4 is 16.7 Å². The molecule has 0 aliphatic carbocycles. The number of aryl methyl sites for hydroxylation is 1. The van der Waals surface area contributed by atoms with E-state index in [4.69, 9.17) is 0 Å². The molecule has 21 heavy (non-hydrogen) atoms. The fourth-order valence-electron chi connectivity index (χ4n) is 1.45. The summed E-state index contributed by atoms with van der Waals surface area (Å²) >= 11 is 0. The van der Waals surface area contributed by atoms with E-state index in [1.807, 2.05) is 4.98 Å². The standard InChI is InChI=1S/C12H12N6O3/c19-10(17-14-7-8-3-1-2-6-13-8)5-4-9-11(20)15-12(21)18-16-9/h1-3,6-7H,4-5H2,(H,17,19)(H2,15,18,20,21). The number of aromatic amines is 2. The second-order valence-electron chi connectivity index (χ2n) is 4.00. The molecule has 3 N–H and O–H groups in total. The summed E-state index contributed by atoms with van der Waals surface area (Å²) in [5, 5.41) is 9.41. The van der Waals surface area contributed by atoms with Crippen molar-refractivity contribution >= 4 is 12.1 Å². The van der Waals surface area contributed by atoms with Gasteiger partial charge in [0.25, 0.3) is 5.56 Å². The molecule has 0 radical (unpaired) electrons. The van der Waals surface area contributed by atoms with Gasteiger partial charge in [0.05, 0.1) is 11.9 Å². The van der Waals surface area contributed by atoms with Gasteiger partial charge in [0, 0.05) is 19.0 Å². The van der Waals surface area contributed by atoms with Crippen LogP contribution in [0.1, 0.15) is 17.8 Å². The van der Waals surface area contributed by atoms with Gasteiger partial charge in [-0.05, 0) is 12.1 Å². The van der Waals surface area contributed by atoms with Crippen molar-refractivity contribution in [2.75, 3.05) is 0 Å². The quantitative estimate of drug-likeness (QED) is 0.476. The molecular weight excluding hydrogens is 276 g/mol. The number of nitrogens with one attached hydrogen (secondary N) is 3. The molecule has 0 unspecified atom stereocenters. The van der Waals surface area contributed by atoms with E-state index >= 15 is 0 Å². The number of hydrazone groups is 1. The summed E-state index contributed by atoms with van der Waals surface area (Å²) in [5.74, 6) is -0.380. The number of aromatic nitrogens is 4. The molecule has 2 aromatic heterocycles. The normalized spacial score (nSPS) is 10.7. The summed E-state index contributed by atoms with van der Waals surface area (Å²) < 4.78 is 0. The highest BCUT2D eigenvalue weighted by atomic mass is 16.2. The molecule has 0 spiro atoms. The largest absolute Gasteiger partial charge is 0.342 e. The Hall–Kier alpha value is -3.10.